The van der Waals surface area contributed by atoms with E-state index in [2.05, 4.69) is 11.6 Å². The Morgan fingerprint density at radius 3 is 2.03 bits per heavy atom. The maximum Gasteiger partial charge on any atom is 0.225 e. The lowest BCUT2D eigenvalue weighted by Crippen LogP contribution is -2.02. The fourth-order valence-electron chi connectivity index (χ4n) is 3.15. The van der Waals surface area contributed by atoms with E-state index in [1.165, 1.54) is 0 Å². The average Bonchev–Trinajstić information content (AvgIpc) is 2.83. The summed E-state index contributed by atoms with van der Waals surface area (Å²) in [5.41, 5.74) is 4.78. The molecule has 154 valence electrons. The van der Waals surface area contributed by atoms with Gasteiger partial charge in [-0.05, 0) is 34.4 Å². The first-order valence-corrected chi connectivity index (χ1v) is 10.4. The smallest absolute Gasteiger partial charge is 0.225 e. The van der Waals surface area contributed by atoms with E-state index >= 15 is 0 Å². The van der Waals surface area contributed by atoms with Crippen molar-refractivity contribution in [1.82, 2.24) is 4.98 Å². The summed E-state index contributed by atoms with van der Waals surface area (Å²) in [5, 5.41) is 0.630. The van der Waals surface area contributed by atoms with E-state index in [0.717, 1.165) is 27.8 Å². The molecule has 0 aliphatic rings. The number of ether oxygens (including phenoxy) is 2. The van der Waals surface area contributed by atoms with Crippen LogP contribution in [0, 0.1) is 0 Å². The molecule has 4 heteroatoms. The summed E-state index contributed by atoms with van der Waals surface area (Å²) in [4.78, 5) is 4.64. The lowest BCUT2D eigenvalue weighted by atomic mass is 10.0. The SMILES string of the molecule is C=Cc1ccc(-c2ccc(OCc3ccccc3)nc2OCc2ccccc2)cc1Cl. The second-order valence-electron chi connectivity index (χ2n) is 6.99. The third kappa shape index (κ3) is 5.33. The van der Waals surface area contributed by atoms with E-state index in [4.69, 9.17) is 21.1 Å². The Bertz CT molecular complexity index is 1160. The number of pyridine rings is 1. The molecule has 1 heterocycles. The first-order valence-electron chi connectivity index (χ1n) is 10.00. The molecule has 0 unspecified atom stereocenters. The van der Waals surface area contributed by atoms with Crippen molar-refractivity contribution in [2.24, 2.45) is 0 Å². The summed E-state index contributed by atoms with van der Waals surface area (Å²) in [6.45, 7) is 4.63. The summed E-state index contributed by atoms with van der Waals surface area (Å²) in [7, 11) is 0. The average molecular weight is 428 g/mol. The maximum absolute atomic E-state index is 6.40. The van der Waals surface area contributed by atoms with Gasteiger partial charge in [-0.25, -0.2) is 0 Å². The third-order valence-corrected chi connectivity index (χ3v) is 5.14. The highest BCUT2D eigenvalue weighted by Crippen LogP contribution is 2.34. The maximum atomic E-state index is 6.40. The van der Waals surface area contributed by atoms with Crippen molar-refractivity contribution in [2.45, 2.75) is 13.2 Å². The first kappa shape index (κ1) is 20.7. The molecule has 0 N–H and O–H groups in total. The van der Waals surface area contributed by atoms with Crippen LogP contribution >= 0.6 is 11.6 Å². The summed E-state index contributed by atoms with van der Waals surface area (Å²) < 4.78 is 12.0. The molecule has 0 spiro atoms. The lowest BCUT2D eigenvalue weighted by molar-refractivity contribution is 0.268. The van der Waals surface area contributed by atoms with Gasteiger partial charge in [-0.1, -0.05) is 97.1 Å². The number of hydrogen-bond acceptors (Lipinski definition) is 3. The molecule has 0 fully saturated rings. The van der Waals surface area contributed by atoms with Crippen LogP contribution in [-0.4, -0.2) is 4.98 Å². The van der Waals surface area contributed by atoms with Gasteiger partial charge in [-0.3, -0.25) is 0 Å². The molecule has 0 aliphatic carbocycles. The molecular formula is C27H22ClNO2. The highest BCUT2D eigenvalue weighted by Gasteiger charge is 2.12. The van der Waals surface area contributed by atoms with Gasteiger partial charge in [-0.15, -0.1) is 0 Å². The quantitative estimate of drug-likeness (QED) is 0.298. The Hall–Kier alpha value is -3.56. The molecule has 0 bridgehead atoms. The minimum absolute atomic E-state index is 0.404. The van der Waals surface area contributed by atoms with Crippen LogP contribution in [0.1, 0.15) is 16.7 Å². The van der Waals surface area contributed by atoms with Gasteiger partial charge in [0.05, 0.1) is 0 Å². The molecule has 0 saturated carbocycles. The van der Waals surface area contributed by atoms with Gasteiger partial charge >= 0.3 is 0 Å². The summed E-state index contributed by atoms with van der Waals surface area (Å²) >= 11 is 6.40. The van der Waals surface area contributed by atoms with Crippen LogP contribution in [0.3, 0.4) is 0 Å². The molecule has 1 aromatic heterocycles. The zero-order chi connectivity index (χ0) is 21.5. The van der Waals surface area contributed by atoms with E-state index in [1.54, 1.807) is 6.08 Å². The molecule has 31 heavy (non-hydrogen) atoms. The van der Waals surface area contributed by atoms with Gasteiger partial charge in [0.25, 0.3) is 0 Å². The van der Waals surface area contributed by atoms with Gasteiger partial charge in [-0.2, -0.15) is 4.98 Å². The van der Waals surface area contributed by atoms with Crippen molar-refractivity contribution >= 4 is 17.7 Å². The number of halogens is 1. The van der Waals surface area contributed by atoms with Gasteiger partial charge < -0.3 is 9.47 Å². The minimum atomic E-state index is 0.404. The molecule has 0 atom stereocenters. The van der Waals surface area contributed by atoms with Gasteiger partial charge in [0.15, 0.2) is 0 Å². The lowest BCUT2D eigenvalue weighted by Gasteiger charge is -2.14. The van der Waals surface area contributed by atoms with E-state index in [1.807, 2.05) is 91.0 Å². The Labute approximate surface area is 187 Å². The predicted molar refractivity (Wildman–Crippen MR) is 126 cm³/mol. The van der Waals surface area contributed by atoms with Gasteiger partial charge in [0.2, 0.25) is 11.8 Å². The second-order valence-corrected chi connectivity index (χ2v) is 7.40. The van der Waals surface area contributed by atoms with Crippen molar-refractivity contribution in [1.29, 1.82) is 0 Å². The molecule has 0 saturated heterocycles. The normalized spacial score (nSPS) is 10.5. The minimum Gasteiger partial charge on any atom is -0.473 e. The van der Waals surface area contributed by atoms with Crippen LogP contribution in [0.15, 0.2) is 97.6 Å². The Balaban J connectivity index is 1.62. The van der Waals surface area contributed by atoms with Crippen molar-refractivity contribution in [3.8, 4) is 22.9 Å². The summed E-state index contributed by atoms with van der Waals surface area (Å²) in [5.74, 6) is 1.00. The van der Waals surface area contributed by atoms with Crippen molar-refractivity contribution < 1.29 is 9.47 Å². The fourth-order valence-corrected chi connectivity index (χ4v) is 3.41. The molecular weight excluding hydrogens is 406 g/mol. The van der Waals surface area contributed by atoms with E-state index in [0.29, 0.717) is 30.0 Å². The molecule has 4 rings (SSSR count). The number of aromatic nitrogens is 1. The van der Waals surface area contributed by atoms with Crippen LogP contribution in [-0.2, 0) is 13.2 Å². The Morgan fingerprint density at radius 1 is 0.774 bits per heavy atom. The van der Waals surface area contributed by atoms with Crippen molar-refractivity contribution in [3.05, 3.63) is 119 Å². The van der Waals surface area contributed by atoms with E-state index in [9.17, 15) is 0 Å². The van der Waals surface area contributed by atoms with Crippen LogP contribution in [0.2, 0.25) is 5.02 Å². The summed E-state index contributed by atoms with van der Waals surface area (Å²) in [6.07, 6.45) is 1.73. The molecule has 0 amide bonds. The third-order valence-electron chi connectivity index (χ3n) is 4.81. The molecule has 0 aliphatic heterocycles. The molecule has 4 aromatic rings. The topological polar surface area (TPSA) is 31.4 Å². The highest BCUT2D eigenvalue weighted by molar-refractivity contribution is 6.32. The van der Waals surface area contributed by atoms with Gasteiger partial charge in [0, 0.05) is 16.7 Å². The summed E-state index contributed by atoms with van der Waals surface area (Å²) in [6, 6.07) is 29.6. The largest absolute Gasteiger partial charge is 0.473 e. The standard InChI is InChI=1S/C27H22ClNO2/c1-2-22-13-14-23(17-25(22)28)24-15-16-26(30-18-20-9-5-3-6-10-20)29-27(24)31-19-21-11-7-4-8-12-21/h2-17H,1,18-19H2. The van der Waals surface area contributed by atoms with Crippen LogP contribution in [0.5, 0.6) is 11.8 Å². The number of nitrogens with zero attached hydrogens (tertiary/aromatic N) is 1. The zero-order valence-electron chi connectivity index (χ0n) is 17.0. The predicted octanol–water partition coefficient (Wildman–Crippen LogP) is 7.20. The van der Waals surface area contributed by atoms with E-state index in [-0.39, 0.29) is 0 Å². The van der Waals surface area contributed by atoms with Gasteiger partial charge in [0.1, 0.15) is 13.2 Å². The molecule has 3 aromatic carbocycles. The number of benzene rings is 3. The molecule has 0 radical (unpaired) electrons. The van der Waals surface area contributed by atoms with Crippen LogP contribution in [0.25, 0.3) is 17.2 Å². The van der Waals surface area contributed by atoms with E-state index < -0.39 is 0 Å². The van der Waals surface area contributed by atoms with Crippen molar-refractivity contribution in [3.63, 3.8) is 0 Å². The Morgan fingerprint density at radius 2 is 1.42 bits per heavy atom. The Kier molecular flexibility index (Phi) is 6.65. The monoisotopic (exact) mass is 427 g/mol. The fraction of sp³-hybridized carbons (Fsp3) is 0.0741. The second kappa shape index (κ2) is 9.96. The zero-order valence-corrected chi connectivity index (χ0v) is 17.8. The highest BCUT2D eigenvalue weighted by atomic mass is 35.5. The van der Waals surface area contributed by atoms with Crippen molar-refractivity contribution in [2.75, 3.05) is 0 Å². The number of hydrogen-bond donors (Lipinski definition) is 0. The van der Waals surface area contributed by atoms with Crippen LogP contribution < -0.4 is 9.47 Å². The van der Waals surface area contributed by atoms with Crippen LogP contribution in [0.4, 0.5) is 0 Å². The number of rotatable bonds is 8. The molecule has 3 nitrogen and oxygen atoms in total. The first-order chi connectivity index (χ1) is 15.2.